The molecule has 0 heterocycles. The van der Waals surface area contributed by atoms with Gasteiger partial charge in [-0.1, -0.05) is 53.6 Å². The van der Waals surface area contributed by atoms with Crippen molar-refractivity contribution in [3.8, 4) is 0 Å². The van der Waals surface area contributed by atoms with Crippen LogP contribution in [0.4, 0.5) is 0 Å². The van der Waals surface area contributed by atoms with Gasteiger partial charge in [-0.05, 0) is 12.0 Å². The van der Waals surface area contributed by atoms with Crippen LogP contribution in [0.3, 0.4) is 0 Å². The van der Waals surface area contributed by atoms with E-state index in [1.807, 2.05) is 22.8 Å². The van der Waals surface area contributed by atoms with Gasteiger partial charge in [0, 0.05) is 12.0 Å². The van der Waals surface area contributed by atoms with E-state index in [-0.39, 0.29) is 6.04 Å². The highest BCUT2D eigenvalue weighted by Crippen LogP contribution is 2.08. The molecule has 0 aliphatic carbocycles. The molecule has 1 rings (SSSR count). The van der Waals surface area contributed by atoms with E-state index < -0.39 is 6.10 Å². The molecule has 0 fully saturated rings. The van der Waals surface area contributed by atoms with Crippen molar-refractivity contribution >= 4 is 16.1 Å². The summed E-state index contributed by atoms with van der Waals surface area (Å²) in [4.78, 5) is 0. The first-order chi connectivity index (χ1) is 9.02. The molecule has 0 aromatic heterocycles. The molecule has 0 bridgehead atoms. The summed E-state index contributed by atoms with van der Waals surface area (Å²) >= 11 is 0. The predicted molar refractivity (Wildman–Crippen MR) is 84.7 cm³/mol. The highest BCUT2D eigenvalue weighted by atomic mass is 31.0. The monoisotopic (exact) mass is 281 g/mol. The summed E-state index contributed by atoms with van der Waals surface area (Å²) in [6, 6.07) is 10.2. The van der Waals surface area contributed by atoms with E-state index >= 15 is 0 Å². The lowest BCUT2D eigenvalue weighted by Gasteiger charge is -2.21. The molecule has 1 aromatic rings. The summed E-state index contributed by atoms with van der Waals surface area (Å²) < 4.78 is 1.94. The second-order valence-corrected chi connectivity index (χ2v) is 5.79. The minimum absolute atomic E-state index is 0.0174. The maximum absolute atomic E-state index is 10.3. The van der Waals surface area contributed by atoms with Gasteiger partial charge in [0.15, 0.2) is 6.54 Å². The summed E-state index contributed by atoms with van der Waals surface area (Å²) in [6.07, 6.45) is 0.370. The van der Waals surface area contributed by atoms with Crippen LogP contribution in [0.15, 0.2) is 30.3 Å². The van der Waals surface area contributed by atoms with Crippen molar-refractivity contribution < 1.29 is 9.68 Å². The molecule has 0 amide bonds. The van der Waals surface area contributed by atoms with E-state index in [1.54, 1.807) is 0 Å². The Morgan fingerprint density at radius 3 is 2.42 bits per heavy atom. The molecule has 106 valence electrons. The topological polar surface area (TPSA) is 35.3 Å². The molecule has 3 unspecified atom stereocenters. The van der Waals surface area contributed by atoms with Gasteiger partial charge in [-0.25, -0.2) is 4.58 Å². The lowest BCUT2D eigenvalue weighted by Crippen LogP contribution is -2.42. The number of aliphatic hydroxyl groups is 1. The normalized spacial score (nSPS) is 14.4. The average molecular weight is 281 g/mol. The smallest absolute Gasteiger partial charge is 0.169 e. The Balaban J connectivity index is 2.52. The fraction of sp³-hybridized carbons (Fsp3) is 0.533. The van der Waals surface area contributed by atoms with E-state index in [0.717, 1.165) is 13.0 Å². The van der Waals surface area contributed by atoms with Crippen molar-refractivity contribution in [3.05, 3.63) is 35.9 Å². The fourth-order valence-corrected chi connectivity index (χ4v) is 2.50. The third-order valence-corrected chi connectivity index (χ3v) is 3.47. The Hall–Kier alpha value is -0.760. The molecule has 0 aliphatic heterocycles. The van der Waals surface area contributed by atoms with Crippen LogP contribution < -0.4 is 5.09 Å². The van der Waals surface area contributed by atoms with Crippen LogP contribution >= 0.6 is 9.39 Å². The van der Waals surface area contributed by atoms with Crippen LogP contribution in [0.25, 0.3) is 0 Å². The van der Waals surface area contributed by atoms with Gasteiger partial charge in [0.05, 0.1) is 0 Å². The van der Waals surface area contributed by atoms with Crippen molar-refractivity contribution in [1.82, 2.24) is 5.09 Å². The number of benzene rings is 1. The van der Waals surface area contributed by atoms with Crippen molar-refractivity contribution in [2.45, 2.75) is 32.4 Å². The van der Waals surface area contributed by atoms with Gasteiger partial charge in [0.25, 0.3) is 0 Å². The number of aliphatic hydroxyl groups excluding tert-OH is 1. The Kier molecular flexibility index (Phi) is 7.22. The third-order valence-electron chi connectivity index (χ3n) is 3.05. The molecule has 0 saturated carbocycles. The molecule has 0 saturated heterocycles. The summed E-state index contributed by atoms with van der Waals surface area (Å²) in [5, 5.41) is 13.4. The molecule has 3 nitrogen and oxygen atoms in total. The number of nitrogens with one attached hydrogen (secondary N) is 1. The summed E-state index contributed by atoms with van der Waals surface area (Å²) in [5.74, 6) is 0.557. The highest BCUT2D eigenvalue weighted by Gasteiger charge is 2.22. The van der Waals surface area contributed by atoms with Crippen molar-refractivity contribution in [2.75, 3.05) is 13.1 Å². The average Bonchev–Trinajstić information content (AvgIpc) is 2.35. The molecule has 1 aromatic carbocycles. The van der Waals surface area contributed by atoms with Crippen molar-refractivity contribution in [1.29, 1.82) is 0 Å². The van der Waals surface area contributed by atoms with Crippen LogP contribution in [0.2, 0.25) is 0 Å². The Bertz CT molecular complexity index is 381. The molecule has 2 N–H and O–H groups in total. The van der Waals surface area contributed by atoms with Crippen LogP contribution in [0.1, 0.15) is 19.4 Å². The van der Waals surface area contributed by atoms with Crippen molar-refractivity contribution in [3.63, 3.8) is 0 Å². The first kappa shape index (κ1) is 16.3. The zero-order valence-electron chi connectivity index (χ0n) is 11.9. The first-order valence-electron chi connectivity index (χ1n) is 6.76. The summed E-state index contributed by atoms with van der Waals surface area (Å²) in [5.41, 5.74) is 1.22. The Labute approximate surface area is 119 Å². The van der Waals surface area contributed by atoms with Crippen LogP contribution in [-0.2, 0) is 6.42 Å². The predicted octanol–water partition coefficient (Wildman–Crippen LogP) is 1.71. The van der Waals surface area contributed by atoms with Gasteiger partial charge in [-0.15, -0.1) is 0 Å². The fourth-order valence-electron chi connectivity index (χ4n) is 2.16. The SMILES string of the molecule is C=[N+](CC(C)C)CC(O)C(Cc1ccccc1)NP. The zero-order valence-corrected chi connectivity index (χ0v) is 13.1. The third kappa shape index (κ3) is 6.29. The Morgan fingerprint density at radius 1 is 1.26 bits per heavy atom. The molecular weight excluding hydrogens is 255 g/mol. The molecule has 0 spiro atoms. The standard InChI is InChI=1S/C15H26N2OP/c1-12(2)10-17(3)11-15(18)14(16-19)9-13-7-5-4-6-8-13/h4-8,12,14-16,18H,3,9-11,19H2,1-2H3/q+1. The van der Waals surface area contributed by atoms with E-state index in [0.29, 0.717) is 12.5 Å². The lowest BCUT2D eigenvalue weighted by molar-refractivity contribution is -0.534. The van der Waals surface area contributed by atoms with E-state index in [9.17, 15) is 5.11 Å². The lowest BCUT2D eigenvalue weighted by atomic mass is 10.0. The number of rotatable bonds is 8. The van der Waals surface area contributed by atoms with Gasteiger partial charge in [-0.2, -0.15) is 0 Å². The van der Waals surface area contributed by atoms with Crippen LogP contribution in [0.5, 0.6) is 0 Å². The molecule has 4 heteroatoms. The van der Waals surface area contributed by atoms with Gasteiger partial charge in [0.2, 0.25) is 0 Å². The zero-order chi connectivity index (χ0) is 14.3. The molecular formula is C15H26N2OP+. The largest absolute Gasteiger partial charge is 0.385 e. The van der Waals surface area contributed by atoms with Crippen LogP contribution in [0, 0.1) is 5.92 Å². The highest BCUT2D eigenvalue weighted by molar-refractivity contribution is 7.13. The second-order valence-electron chi connectivity index (χ2n) is 5.46. The number of hydrogen-bond acceptors (Lipinski definition) is 2. The molecule has 0 aliphatic rings. The van der Waals surface area contributed by atoms with Crippen LogP contribution in [-0.4, -0.2) is 41.6 Å². The van der Waals surface area contributed by atoms with Gasteiger partial charge in [0.1, 0.15) is 19.4 Å². The minimum atomic E-state index is -0.436. The van der Waals surface area contributed by atoms with E-state index in [4.69, 9.17) is 0 Å². The van der Waals surface area contributed by atoms with Crippen molar-refractivity contribution in [2.24, 2.45) is 5.92 Å². The molecule has 19 heavy (non-hydrogen) atoms. The second kappa shape index (κ2) is 8.42. The summed E-state index contributed by atoms with van der Waals surface area (Å²) in [6.45, 7) is 9.76. The first-order valence-corrected chi connectivity index (χ1v) is 7.34. The molecule has 3 atom stereocenters. The van der Waals surface area contributed by atoms with Gasteiger partial charge < -0.3 is 5.11 Å². The molecule has 0 radical (unpaired) electrons. The summed E-state index contributed by atoms with van der Waals surface area (Å²) in [7, 11) is 2.50. The minimum Gasteiger partial charge on any atom is -0.385 e. The van der Waals surface area contributed by atoms with Gasteiger partial charge in [-0.3, -0.25) is 5.09 Å². The maximum Gasteiger partial charge on any atom is 0.169 e. The number of hydrogen-bond donors (Lipinski definition) is 2. The maximum atomic E-state index is 10.3. The van der Waals surface area contributed by atoms with E-state index in [2.05, 4.69) is 47.2 Å². The van der Waals surface area contributed by atoms with Gasteiger partial charge >= 0.3 is 0 Å². The quantitative estimate of drug-likeness (QED) is 0.432. The van der Waals surface area contributed by atoms with E-state index in [1.165, 1.54) is 5.56 Å². The Morgan fingerprint density at radius 2 is 1.89 bits per heavy atom. The number of nitrogens with zero attached hydrogens (tertiary/aromatic N) is 1.